The number of anilines is 1. The van der Waals surface area contributed by atoms with Crippen LogP contribution >= 0.6 is 11.6 Å². The zero-order valence-electron chi connectivity index (χ0n) is 17.5. The third kappa shape index (κ3) is 4.20. The average Bonchev–Trinajstić information content (AvgIpc) is 3.27. The number of nitrogens with one attached hydrogen (secondary N) is 2. The number of rotatable bonds is 4. The van der Waals surface area contributed by atoms with E-state index in [1.807, 2.05) is 12.1 Å². The van der Waals surface area contributed by atoms with Crippen molar-refractivity contribution >= 4 is 39.9 Å². The van der Waals surface area contributed by atoms with Gasteiger partial charge in [0.15, 0.2) is 0 Å². The smallest absolute Gasteiger partial charge is 0.255 e. The summed E-state index contributed by atoms with van der Waals surface area (Å²) in [5.41, 5.74) is 3.37. The fourth-order valence-corrected chi connectivity index (χ4v) is 3.92. The Labute approximate surface area is 193 Å². The molecule has 164 valence electrons. The van der Waals surface area contributed by atoms with Crippen LogP contribution in [0, 0.1) is 5.82 Å². The molecular formula is C24H18ClFN6O. The zero-order valence-corrected chi connectivity index (χ0v) is 18.2. The molecule has 1 atom stereocenters. The summed E-state index contributed by atoms with van der Waals surface area (Å²) in [4.78, 5) is 24.0. The molecule has 0 aliphatic carbocycles. The number of halogens is 2. The Morgan fingerprint density at radius 3 is 2.76 bits per heavy atom. The van der Waals surface area contributed by atoms with E-state index >= 15 is 0 Å². The number of aliphatic imine (C=N–C) groups is 1. The lowest BCUT2D eigenvalue weighted by atomic mass is 9.97. The maximum absolute atomic E-state index is 13.6. The fourth-order valence-electron chi connectivity index (χ4n) is 3.75. The Bertz CT molecular complexity index is 1410. The number of hydrogen-bond donors (Lipinski definition) is 2. The molecule has 7 nitrogen and oxygen atoms in total. The van der Waals surface area contributed by atoms with Gasteiger partial charge in [0.25, 0.3) is 5.91 Å². The number of carbonyl (C=O) groups is 1. The lowest BCUT2D eigenvalue weighted by Gasteiger charge is -2.29. The molecule has 0 saturated carbocycles. The van der Waals surface area contributed by atoms with E-state index < -0.39 is 6.04 Å². The molecule has 1 unspecified atom stereocenters. The summed E-state index contributed by atoms with van der Waals surface area (Å²) in [5.74, 6) is -0.0558. The predicted octanol–water partition coefficient (Wildman–Crippen LogP) is 4.71. The third-order valence-corrected chi connectivity index (χ3v) is 5.55. The number of amidine groups is 1. The van der Waals surface area contributed by atoms with Gasteiger partial charge in [-0.2, -0.15) is 5.10 Å². The normalized spacial score (nSPS) is 15.8. The van der Waals surface area contributed by atoms with E-state index in [0.717, 1.165) is 16.5 Å². The number of pyridine rings is 1. The first-order valence-corrected chi connectivity index (χ1v) is 10.5. The number of nitrogens with zero attached hydrogens (tertiary/aromatic N) is 4. The van der Waals surface area contributed by atoms with Gasteiger partial charge in [0.2, 0.25) is 0 Å². The molecule has 2 aromatic carbocycles. The van der Waals surface area contributed by atoms with E-state index in [1.165, 1.54) is 12.1 Å². The van der Waals surface area contributed by atoms with E-state index in [2.05, 4.69) is 20.5 Å². The second kappa shape index (κ2) is 8.48. The highest BCUT2D eigenvalue weighted by atomic mass is 35.5. The highest BCUT2D eigenvalue weighted by Gasteiger charge is 2.29. The molecule has 1 aliphatic rings. The van der Waals surface area contributed by atoms with Gasteiger partial charge in [0.1, 0.15) is 22.8 Å². The van der Waals surface area contributed by atoms with Gasteiger partial charge in [0.05, 0.1) is 17.3 Å². The minimum Gasteiger partial charge on any atom is -0.335 e. The molecule has 0 radical (unpaired) electrons. The van der Waals surface area contributed by atoms with Crippen molar-refractivity contribution < 1.29 is 9.18 Å². The number of amides is 1. The molecule has 2 N–H and O–H groups in total. The second-order valence-electron chi connectivity index (χ2n) is 7.60. The van der Waals surface area contributed by atoms with E-state index in [4.69, 9.17) is 16.6 Å². The van der Waals surface area contributed by atoms with Gasteiger partial charge in [-0.3, -0.25) is 14.9 Å². The number of aromatic amines is 1. The Morgan fingerprint density at radius 1 is 1.15 bits per heavy atom. The minimum absolute atomic E-state index is 0.311. The quantitative estimate of drug-likeness (QED) is 0.432. The van der Waals surface area contributed by atoms with Crippen molar-refractivity contribution in [2.24, 2.45) is 4.99 Å². The molecule has 0 saturated heterocycles. The Hall–Kier alpha value is -4.04. The summed E-state index contributed by atoms with van der Waals surface area (Å²) in [7, 11) is 1.80. The predicted molar refractivity (Wildman–Crippen MR) is 125 cm³/mol. The van der Waals surface area contributed by atoms with Gasteiger partial charge in [-0.25, -0.2) is 9.37 Å². The van der Waals surface area contributed by atoms with Crippen LogP contribution in [0.2, 0.25) is 5.15 Å². The number of carbonyl (C=O) groups excluding carboxylic acids is 1. The number of benzene rings is 2. The van der Waals surface area contributed by atoms with Crippen molar-refractivity contribution in [1.29, 1.82) is 0 Å². The van der Waals surface area contributed by atoms with Crippen LogP contribution in [0.5, 0.6) is 0 Å². The highest BCUT2D eigenvalue weighted by molar-refractivity contribution is 6.29. The van der Waals surface area contributed by atoms with E-state index in [9.17, 15) is 9.18 Å². The summed E-state index contributed by atoms with van der Waals surface area (Å²) in [6.45, 7) is 0. The van der Waals surface area contributed by atoms with Crippen molar-refractivity contribution in [3.8, 4) is 0 Å². The van der Waals surface area contributed by atoms with E-state index in [0.29, 0.717) is 27.8 Å². The van der Waals surface area contributed by atoms with Crippen molar-refractivity contribution in [3.05, 3.63) is 101 Å². The number of aromatic nitrogens is 3. The third-order valence-electron chi connectivity index (χ3n) is 5.34. The molecule has 4 aromatic rings. The van der Waals surface area contributed by atoms with E-state index in [-0.39, 0.29) is 11.7 Å². The Balaban J connectivity index is 1.52. The van der Waals surface area contributed by atoms with Gasteiger partial charge in [-0.1, -0.05) is 23.7 Å². The summed E-state index contributed by atoms with van der Waals surface area (Å²) in [6.07, 6.45) is 5.02. The molecular weight excluding hydrogens is 443 g/mol. The summed E-state index contributed by atoms with van der Waals surface area (Å²) >= 11 is 6.07. The van der Waals surface area contributed by atoms with Gasteiger partial charge >= 0.3 is 0 Å². The molecule has 33 heavy (non-hydrogen) atoms. The van der Waals surface area contributed by atoms with Crippen LogP contribution in [-0.2, 0) is 4.79 Å². The Morgan fingerprint density at radius 2 is 1.97 bits per heavy atom. The SMILES string of the molecule is CN1C=C(C(=O)Nc2ccc3[nH]ncc3c2)C(c2ccc(F)cc2)N=C1c1ccnc(Cl)c1. The maximum Gasteiger partial charge on any atom is 0.255 e. The highest BCUT2D eigenvalue weighted by Crippen LogP contribution is 2.32. The van der Waals surface area contributed by atoms with E-state index in [1.54, 1.807) is 60.9 Å². The number of fused-ring (bicyclic) bond motifs is 1. The van der Waals surface area contributed by atoms with Gasteiger partial charge < -0.3 is 10.2 Å². The molecule has 0 spiro atoms. The molecule has 1 amide bonds. The van der Waals surface area contributed by atoms with Crippen LogP contribution < -0.4 is 5.32 Å². The van der Waals surface area contributed by atoms with Gasteiger partial charge in [-0.15, -0.1) is 0 Å². The van der Waals surface area contributed by atoms with Crippen LogP contribution in [-0.4, -0.2) is 38.9 Å². The lowest BCUT2D eigenvalue weighted by Crippen LogP contribution is -2.32. The monoisotopic (exact) mass is 460 g/mol. The largest absolute Gasteiger partial charge is 0.335 e. The van der Waals surface area contributed by atoms with Crippen LogP contribution in [0.15, 0.2) is 83.8 Å². The lowest BCUT2D eigenvalue weighted by molar-refractivity contribution is -0.113. The standard InChI is InChI=1S/C24H18ClFN6O/c1-32-13-19(24(33)29-18-6-7-20-16(10-18)12-28-31-20)22(14-2-4-17(26)5-3-14)30-23(32)15-8-9-27-21(25)11-15/h2-13,22H,1H3,(H,28,31)(H,29,33). The average molecular weight is 461 g/mol. The van der Waals surface area contributed by atoms with Crippen LogP contribution in [0.1, 0.15) is 17.2 Å². The van der Waals surface area contributed by atoms with Crippen LogP contribution in [0.4, 0.5) is 10.1 Å². The van der Waals surface area contributed by atoms with Crippen LogP contribution in [0.25, 0.3) is 10.9 Å². The topological polar surface area (TPSA) is 86.3 Å². The molecule has 3 heterocycles. The number of H-pyrrole nitrogens is 1. The first-order chi connectivity index (χ1) is 16.0. The summed E-state index contributed by atoms with van der Waals surface area (Å²) in [6, 6.07) is 14.3. The second-order valence-corrected chi connectivity index (χ2v) is 7.98. The first-order valence-electron chi connectivity index (χ1n) is 10.1. The zero-order chi connectivity index (χ0) is 22.9. The van der Waals surface area contributed by atoms with Crippen molar-refractivity contribution in [3.63, 3.8) is 0 Å². The Kier molecular flexibility index (Phi) is 5.35. The molecule has 2 aromatic heterocycles. The fraction of sp³-hybridized carbons (Fsp3) is 0.0833. The summed E-state index contributed by atoms with van der Waals surface area (Å²) < 4.78 is 13.6. The van der Waals surface area contributed by atoms with Crippen molar-refractivity contribution in [2.75, 3.05) is 12.4 Å². The molecule has 1 aliphatic heterocycles. The minimum atomic E-state index is -0.638. The molecule has 0 bridgehead atoms. The molecule has 9 heteroatoms. The summed E-state index contributed by atoms with van der Waals surface area (Å²) in [5, 5.41) is 11.0. The van der Waals surface area contributed by atoms with Gasteiger partial charge in [-0.05, 0) is 48.0 Å². The van der Waals surface area contributed by atoms with Gasteiger partial charge in [0, 0.05) is 36.1 Å². The van der Waals surface area contributed by atoms with Crippen molar-refractivity contribution in [1.82, 2.24) is 20.1 Å². The van der Waals surface area contributed by atoms with Crippen molar-refractivity contribution in [2.45, 2.75) is 6.04 Å². The molecule has 5 rings (SSSR count). The number of hydrogen-bond acceptors (Lipinski definition) is 5. The van der Waals surface area contributed by atoms with Crippen LogP contribution in [0.3, 0.4) is 0 Å². The maximum atomic E-state index is 13.6. The first kappa shape index (κ1) is 20.8. The molecule has 0 fully saturated rings.